The van der Waals surface area contributed by atoms with Gasteiger partial charge in [-0.05, 0) is 50.6 Å². The normalized spacial score (nSPS) is 10.6. The molecule has 1 amide bonds. The van der Waals surface area contributed by atoms with E-state index < -0.39 is 12.0 Å². The van der Waals surface area contributed by atoms with E-state index in [-0.39, 0.29) is 0 Å². The number of aliphatic hydroxyl groups is 1. The smallest absolute Gasteiger partial charge is 0.248 e. The van der Waals surface area contributed by atoms with Crippen molar-refractivity contribution in [3.05, 3.63) is 65.0 Å². The number of halogens is 1. The van der Waals surface area contributed by atoms with E-state index in [9.17, 15) is 9.90 Å². The molecule has 0 aliphatic carbocycles. The Morgan fingerprint density at radius 1 is 1.38 bits per heavy atom. The minimum absolute atomic E-state index is 0.370. The SMILES string of the molecule is C=CC.CC.Cc1cc(C(C)O)cn1-c1ccc(C(N)=O)cc1Cl. The average molecular weight is 351 g/mol. The number of nitrogens with two attached hydrogens (primary N) is 1. The molecule has 1 atom stereocenters. The molecule has 0 radical (unpaired) electrons. The first-order valence-electron chi connectivity index (χ1n) is 7.85. The molecule has 132 valence electrons. The van der Waals surface area contributed by atoms with E-state index in [1.165, 1.54) is 0 Å². The second-order valence-corrected chi connectivity index (χ2v) is 5.31. The van der Waals surface area contributed by atoms with Crippen LogP contribution in [-0.4, -0.2) is 15.6 Å². The van der Waals surface area contributed by atoms with Crippen molar-refractivity contribution in [1.82, 2.24) is 4.57 Å². The summed E-state index contributed by atoms with van der Waals surface area (Å²) in [6.07, 6.45) is 3.04. The zero-order chi connectivity index (χ0) is 18.9. The third kappa shape index (κ3) is 5.87. The molecule has 24 heavy (non-hydrogen) atoms. The van der Waals surface area contributed by atoms with Gasteiger partial charge in [0.05, 0.1) is 16.8 Å². The van der Waals surface area contributed by atoms with E-state index in [0.29, 0.717) is 10.6 Å². The summed E-state index contributed by atoms with van der Waals surface area (Å²) >= 11 is 6.18. The highest BCUT2D eigenvalue weighted by Crippen LogP contribution is 2.26. The van der Waals surface area contributed by atoms with Gasteiger partial charge in [-0.3, -0.25) is 4.79 Å². The van der Waals surface area contributed by atoms with Crippen LogP contribution in [-0.2, 0) is 0 Å². The summed E-state index contributed by atoms with van der Waals surface area (Å²) in [6.45, 7) is 12.9. The molecule has 4 nitrogen and oxygen atoms in total. The number of aryl methyl sites for hydroxylation is 1. The van der Waals surface area contributed by atoms with Gasteiger partial charge in [0, 0.05) is 17.5 Å². The van der Waals surface area contributed by atoms with Crippen molar-refractivity contribution in [1.29, 1.82) is 0 Å². The first kappa shape index (κ1) is 22.0. The molecule has 0 aliphatic heterocycles. The Hall–Kier alpha value is -2.04. The maximum atomic E-state index is 11.1. The Labute approximate surface area is 149 Å². The van der Waals surface area contributed by atoms with Gasteiger partial charge in [0.1, 0.15) is 0 Å². The minimum Gasteiger partial charge on any atom is -0.389 e. The molecule has 3 N–H and O–H groups in total. The molecule has 0 aliphatic rings. The predicted octanol–water partition coefficient (Wildman–Crippen LogP) is 4.81. The number of nitrogens with zero attached hydrogens (tertiary/aromatic N) is 1. The summed E-state index contributed by atoms with van der Waals surface area (Å²) in [5.74, 6) is -0.512. The Kier molecular flexibility index (Phi) is 9.77. The summed E-state index contributed by atoms with van der Waals surface area (Å²) < 4.78 is 1.87. The van der Waals surface area contributed by atoms with Gasteiger partial charge < -0.3 is 15.4 Å². The van der Waals surface area contributed by atoms with Crippen LogP contribution in [0.25, 0.3) is 5.69 Å². The lowest BCUT2D eigenvalue weighted by atomic mass is 10.2. The third-order valence-corrected chi connectivity index (χ3v) is 3.31. The Morgan fingerprint density at radius 3 is 2.29 bits per heavy atom. The molecule has 1 heterocycles. The predicted molar refractivity (Wildman–Crippen MR) is 102 cm³/mol. The van der Waals surface area contributed by atoms with Crippen molar-refractivity contribution in [3.63, 3.8) is 0 Å². The van der Waals surface area contributed by atoms with Crippen LogP contribution in [0.5, 0.6) is 0 Å². The lowest BCUT2D eigenvalue weighted by Crippen LogP contribution is -2.11. The molecule has 1 aromatic heterocycles. The fourth-order valence-corrected chi connectivity index (χ4v) is 2.21. The van der Waals surface area contributed by atoms with Crippen LogP contribution >= 0.6 is 11.6 Å². The minimum atomic E-state index is -0.538. The molecule has 1 unspecified atom stereocenters. The number of allylic oxidation sites excluding steroid dienone is 1. The number of hydrogen-bond donors (Lipinski definition) is 2. The Bertz CT molecular complexity index is 676. The molecule has 2 aromatic rings. The van der Waals surface area contributed by atoms with Gasteiger partial charge in [-0.2, -0.15) is 0 Å². The molecule has 5 heteroatoms. The van der Waals surface area contributed by atoms with Crippen LogP contribution < -0.4 is 5.73 Å². The summed E-state index contributed by atoms with van der Waals surface area (Å²) in [5.41, 5.74) is 8.09. The number of rotatable bonds is 3. The third-order valence-electron chi connectivity index (χ3n) is 3.01. The van der Waals surface area contributed by atoms with E-state index >= 15 is 0 Å². The van der Waals surface area contributed by atoms with Crippen LogP contribution in [0.4, 0.5) is 0 Å². The van der Waals surface area contributed by atoms with Gasteiger partial charge >= 0.3 is 0 Å². The van der Waals surface area contributed by atoms with Crippen LogP contribution in [0.1, 0.15) is 55.4 Å². The van der Waals surface area contributed by atoms with E-state index in [4.69, 9.17) is 17.3 Å². The van der Waals surface area contributed by atoms with Gasteiger partial charge in [-0.1, -0.05) is 31.5 Å². The largest absolute Gasteiger partial charge is 0.389 e. The second kappa shape index (κ2) is 10.7. The fraction of sp³-hybridized carbons (Fsp3) is 0.316. The highest BCUT2D eigenvalue weighted by atomic mass is 35.5. The summed E-state index contributed by atoms with van der Waals surface area (Å²) in [6, 6.07) is 6.80. The van der Waals surface area contributed by atoms with Crippen LogP contribution in [0.3, 0.4) is 0 Å². The fourth-order valence-electron chi connectivity index (χ4n) is 1.94. The summed E-state index contributed by atoms with van der Waals surface area (Å²) in [7, 11) is 0. The molecular formula is C19H27ClN2O2. The number of carbonyl (C=O) groups is 1. The van der Waals surface area contributed by atoms with Gasteiger partial charge in [0.2, 0.25) is 5.91 Å². The number of carbonyl (C=O) groups excluding carboxylic acids is 1. The molecule has 0 saturated heterocycles. The van der Waals surface area contributed by atoms with Gasteiger partial charge in [0.25, 0.3) is 0 Å². The number of aromatic nitrogens is 1. The van der Waals surface area contributed by atoms with Crippen molar-refractivity contribution in [2.24, 2.45) is 5.73 Å². The van der Waals surface area contributed by atoms with E-state index in [1.807, 2.05) is 44.5 Å². The van der Waals surface area contributed by atoms with E-state index in [2.05, 4.69) is 6.58 Å². The van der Waals surface area contributed by atoms with Gasteiger partial charge in [-0.15, -0.1) is 6.58 Å². The Morgan fingerprint density at radius 2 is 1.92 bits per heavy atom. The zero-order valence-electron chi connectivity index (χ0n) is 15.0. The standard InChI is InChI=1S/C14H15ClN2O2.C3H6.C2H6/c1-8-5-11(9(2)18)7-17(8)13-4-3-10(14(16)19)6-12(13)15;1-3-2;1-2/h3-7,9,18H,1-2H3,(H2,16,19);3H,1H2,2H3;1-2H3. The van der Waals surface area contributed by atoms with Crippen molar-refractivity contribution in [3.8, 4) is 5.69 Å². The van der Waals surface area contributed by atoms with Crippen molar-refractivity contribution >= 4 is 17.5 Å². The molecule has 0 spiro atoms. The second-order valence-electron chi connectivity index (χ2n) is 4.90. The lowest BCUT2D eigenvalue weighted by molar-refractivity contribution is 0.100. The molecule has 2 rings (SSSR count). The number of amides is 1. The monoisotopic (exact) mass is 350 g/mol. The van der Waals surface area contributed by atoms with Crippen LogP contribution in [0.15, 0.2) is 43.1 Å². The van der Waals surface area contributed by atoms with Crippen molar-refractivity contribution in [2.45, 2.75) is 40.7 Å². The number of hydrogen-bond acceptors (Lipinski definition) is 2. The van der Waals surface area contributed by atoms with E-state index in [1.54, 1.807) is 31.2 Å². The first-order chi connectivity index (χ1) is 11.3. The summed E-state index contributed by atoms with van der Waals surface area (Å²) in [5, 5.41) is 10.0. The maximum absolute atomic E-state index is 11.1. The molecule has 0 bridgehead atoms. The lowest BCUT2D eigenvalue weighted by Gasteiger charge is -2.09. The molecule has 0 saturated carbocycles. The highest BCUT2D eigenvalue weighted by molar-refractivity contribution is 6.32. The maximum Gasteiger partial charge on any atom is 0.248 e. The number of aliphatic hydroxyl groups excluding tert-OH is 1. The van der Waals surface area contributed by atoms with Crippen molar-refractivity contribution in [2.75, 3.05) is 0 Å². The quantitative estimate of drug-likeness (QED) is 0.780. The van der Waals surface area contributed by atoms with Crippen LogP contribution in [0, 0.1) is 6.92 Å². The molecule has 0 fully saturated rings. The average Bonchev–Trinajstić information content (AvgIpc) is 2.92. The van der Waals surface area contributed by atoms with Gasteiger partial charge in [-0.25, -0.2) is 0 Å². The van der Waals surface area contributed by atoms with Crippen LogP contribution in [0.2, 0.25) is 5.02 Å². The Balaban J connectivity index is 0.000000952. The molecule has 1 aromatic carbocycles. The highest BCUT2D eigenvalue weighted by Gasteiger charge is 2.12. The van der Waals surface area contributed by atoms with Gasteiger partial charge in [0.15, 0.2) is 0 Å². The number of primary amides is 1. The van der Waals surface area contributed by atoms with E-state index in [0.717, 1.165) is 16.9 Å². The first-order valence-corrected chi connectivity index (χ1v) is 8.23. The topological polar surface area (TPSA) is 68.2 Å². The number of benzene rings is 1. The zero-order valence-corrected chi connectivity index (χ0v) is 15.8. The summed E-state index contributed by atoms with van der Waals surface area (Å²) in [4.78, 5) is 11.1. The molecular weight excluding hydrogens is 324 g/mol. The van der Waals surface area contributed by atoms with Crippen molar-refractivity contribution < 1.29 is 9.90 Å².